The van der Waals surface area contributed by atoms with Gasteiger partial charge in [-0.2, -0.15) is 5.26 Å². The van der Waals surface area contributed by atoms with Crippen LogP contribution >= 0.6 is 0 Å². The standard InChI is InChI=1S/C33H27N5O2/c34-18-23-4-7-26(8-5-23)29-11-6-24-16-32(29)40-28-10-9-25-2-1-3-31(30(25)17-28)38-15-14-36(21-33(38)39)13-12-27-19-35-22-37(27)20-24/h1-11,16-17,19,22H,12-15,20-21H2. The van der Waals surface area contributed by atoms with Crippen LogP contribution < -0.4 is 9.64 Å². The number of benzene rings is 4. The van der Waals surface area contributed by atoms with Gasteiger partial charge in [0.15, 0.2) is 0 Å². The third-order valence-electron chi connectivity index (χ3n) is 7.86. The summed E-state index contributed by atoms with van der Waals surface area (Å²) in [5.41, 5.74) is 5.67. The molecule has 0 spiro atoms. The third kappa shape index (κ3) is 4.49. The zero-order chi connectivity index (χ0) is 27.1. The molecule has 196 valence electrons. The summed E-state index contributed by atoms with van der Waals surface area (Å²) in [5, 5.41) is 11.3. The number of nitrogens with zero attached hydrogens (tertiary/aromatic N) is 5. The van der Waals surface area contributed by atoms with Crippen molar-refractivity contribution in [3.8, 4) is 28.7 Å². The lowest BCUT2D eigenvalue weighted by Gasteiger charge is -2.35. The second-order valence-electron chi connectivity index (χ2n) is 10.4. The second-order valence-corrected chi connectivity index (χ2v) is 10.4. The van der Waals surface area contributed by atoms with E-state index in [0.29, 0.717) is 30.9 Å². The summed E-state index contributed by atoms with van der Waals surface area (Å²) in [4.78, 5) is 21.9. The highest BCUT2D eigenvalue weighted by molar-refractivity contribution is 6.05. The van der Waals surface area contributed by atoms with E-state index in [1.807, 2.05) is 72.0 Å². The van der Waals surface area contributed by atoms with Gasteiger partial charge in [0.25, 0.3) is 0 Å². The van der Waals surface area contributed by atoms with Crippen molar-refractivity contribution in [2.45, 2.75) is 13.0 Å². The van der Waals surface area contributed by atoms with Gasteiger partial charge in [-0.15, -0.1) is 0 Å². The molecule has 5 aromatic rings. The first-order valence-electron chi connectivity index (χ1n) is 13.5. The molecular weight excluding hydrogens is 498 g/mol. The minimum atomic E-state index is 0.109. The molecule has 0 saturated carbocycles. The number of aromatic nitrogens is 2. The van der Waals surface area contributed by atoms with Crippen LogP contribution in [0.15, 0.2) is 91.4 Å². The van der Waals surface area contributed by atoms with Gasteiger partial charge in [0.2, 0.25) is 5.91 Å². The number of ether oxygens (including phenoxy) is 1. The monoisotopic (exact) mass is 525 g/mol. The molecule has 1 unspecified atom stereocenters. The number of amides is 1. The normalized spacial score (nSPS) is 16.8. The SMILES string of the molecule is N#Cc1ccc(-c2ccc3cc2Oc2ccc4cccc(c4c2)N2CCN(CCc4cncn4C3)CC2=O)cc1. The lowest BCUT2D eigenvalue weighted by Crippen LogP contribution is -2.51. The van der Waals surface area contributed by atoms with Crippen molar-refractivity contribution in [1.82, 2.24) is 14.5 Å². The van der Waals surface area contributed by atoms with Crippen molar-refractivity contribution in [3.05, 3.63) is 108 Å². The van der Waals surface area contributed by atoms with E-state index in [1.54, 1.807) is 0 Å². The Bertz CT molecular complexity index is 1780. The molecule has 3 aliphatic rings. The molecule has 1 saturated heterocycles. The molecule has 1 atom stereocenters. The first kappa shape index (κ1) is 24.1. The van der Waals surface area contributed by atoms with Crippen molar-refractivity contribution in [1.29, 1.82) is 5.26 Å². The van der Waals surface area contributed by atoms with Gasteiger partial charge in [-0.25, -0.2) is 4.98 Å². The van der Waals surface area contributed by atoms with Crippen LogP contribution in [-0.2, 0) is 17.8 Å². The predicted molar refractivity (Wildman–Crippen MR) is 154 cm³/mol. The largest absolute Gasteiger partial charge is 0.457 e. The molecule has 4 heterocycles. The van der Waals surface area contributed by atoms with E-state index in [0.717, 1.165) is 64.1 Å². The number of imidazole rings is 1. The van der Waals surface area contributed by atoms with Crippen molar-refractivity contribution in [3.63, 3.8) is 0 Å². The first-order valence-corrected chi connectivity index (χ1v) is 13.5. The van der Waals surface area contributed by atoms with Gasteiger partial charge in [-0.3, -0.25) is 9.69 Å². The molecule has 1 aromatic heterocycles. The average Bonchev–Trinajstić information content (AvgIpc) is 3.42. The summed E-state index contributed by atoms with van der Waals surface area (Å²) in [7, 11) is 0. The van der Waals surface area contributed by atoms with Crippen LogP contribution in [0.1, 0.15) is 16.8 Å². The fourth-order valence-corrected chi connectivity index (χ4v) is 5.71. The Balaban J connectivity index is 1.37. The van der Waals surface area contributed by atoms with Crippen molar-refractivity contribution in [2.24, 2.45) is 0 Å². The topological polar surface area (TPSA) is 74.4 Å². The minimum Gasteiger partial charge on any atom is -0.457 e. The van der Waals surface area contributed by atoms with Gasteiger partial charge in [-0.1, -0.05) is 42.5 Å². The van der Waals surface area contributed by atoms with Gasteiger partial charge in [-0.05, 0) is 52.9 Å². The molecule has 0 aliphatic carbocycles. The van der Waals surface area contributed by atoms with Crippen molar-refractivity contribution >= 4 is 22.4 Å². The van der Waals surface area contributed by atoms with E-state index < -0.39 is 0 Å². The Morgan fingerprint density at radius 1 is 0.900 bits per heavy atom. The number of carbonyl (C=O) groups excluding carboxylic acids is 1. The minimum absolute atomic E-state index is 0.109. The highest BCUT2D eigenvalue weighted by Gasteiger charge is 2.26. The molecule has 40 heavy (non-hydrogen) atoms. The number of hydrogen-bond donors (Lipinski definition) is 0. The fraction of sp³-hybridized carbons (Fsp3) is 0.182. The summed E-state index contributed by atoms with van der Waals surface area (Å²) in [6.45, 7) is 3.33. The van der Waals surface area contributed by atoms with Gasteiger partial charge < -0.3 is 14.2 Å². The smallest absolute Gasteiger partial charge is 0.241 e. The Morgan fingerprint density at radius 2 is 1.80 bits per heavy atom. The van der Waals surface area contributed by atoms with Gasteiger partial charge >= 0.3 is 0 Å². The van der Waals surface area contributed by atoms with Crippen LogP contribution in [0.25, 0.3) is 21.9 Å². The number of nitriles is 1. The number of fused-ring (bicyclic) bond motifs is 3. The second kappa shape index (κ2) is 9.99. The zero-order valence-corrected chi connectivity index (χ0v) is 22.0. The van der Waals surface area contributed by atoms with Crippen molar-refractivity contribution < 1.29 is 9.53 Å². The molecule has 7 heteroatoms. The number of anilines is 1. The maximum atomic E-state index is 13.3. The van der Waals surface area contributed by atoms with Gasteiger partial charge in [0.05, 0.1) is 30.2 Å². The van der Waals surface area contributed by atoms with Crippen LogP contribution in [-0.4, -0.2) is 46.5 Å². The van der Waals surface area contributed by atoms with Crippen LogP contribution in [0, 0.1) is 11.3 Å². The van der Waals surface area contributed by atoms with E-state index >= 15 is 0 Å². The third-order valence-corrected chi connectivity index (χ3v) is 7.86. The fourth-order valence-electron chi connectivity index (χ4n) is 5.71. The molecule has 3 aliphatic heterocycles. The number of hydrogen-bond acceptors (Lipinski definition) is 5. The molecule has 7 nitrogen and oxygen atoms in total. The molecule has 0 radical (unpaired) electrons. The van der Waals surface area contributed by atoms with Crippen LogP contribution in [0.5, 0.6) is 11.5 Å². The summed E-state index contributed by atoms with van der Waals surface area (Å²) < 4.78 is 8.79. The van der Waals surface area contributed by atoms with Gasteiger partial charge in [0, 0.05) is 55.4 Å². The Kier molecular flexibility index (Phi) is 6.03. The van der Waals surface area contributed by atoms with E-state index in [9.17, 15) is 10.1 Å². The molecular formula is C33H27N5O2. The van der Waals surface area contributed by atoms with E-state index in [4.69, 9.17) is 4.74 Å². The first-order chi connectivity index (χ1) is 19.6. The molecule has 0 N–H and O–H groups in total. The highest BCUT2D eigenvalue weighted by Crippen LogP contribution is 2.37. The molecule has 6 bridgehead atoms. The Labute approximate surface area is 232 Å². The van der Waals surface area contributed by atoms with E-state index in [-0.39, 0.29) is 5.91 Å². The highest BCUT2D eigenvalue weighted by atomic mass is 16.5. The summed E-state index contributed by atoms with van der Waals surface area (Å²) in [6.07, 6.45) is 4.60. The van der Waals surface area contributed by atoms with Gasteiger partial charge in [0.1, 0.15) is 11.5 Å². The maximum Gasteiger partial charge on any atom is 0.241 e. The zero-order valence-electron chi connectivity index (χ0n) is 22.0. The quantitative estimate of drug-likeness (QED) is 0.284. The van der Waals surface area contributed by atoms with Crippen LogP contribution in [0.4, 0.5) is 5.69 Å². The predicted octanol–water partition coefficient (Wildman–Crippen LogP) is 5.62. The van der Waals surface area contributed by atoms with Crippen LogP contribution in [0.2, 0.25) is 0 Å². The molecule has 1 amide bonds. The Hall–Kier alpha value is -4.93. The summed E-state index contributed by atoms with van der Waals surface area (Å²) >= 11 is 0. The number of piperazine rings is 1. The van der Waals surface area contributed by atoms with Crippen LogP contribution in [0.3, 0.4) is 0 Å². The summed E-state index contributed by atoms with van der Waals surface area (Å²) in [5.74, 6) is 1.54. The van der Waals surface area contributed by atoms with Crippen molar-refractivity contribution in [2.75, 3.05) is 31.1 Å². The van der Waals surface area contributed by atoms with E-state index in [1.165, 1.54) is 0 Å². The molecule has 1 fully saturated rings. The lowest BCUT2D eigenvalue weighted by atomic mass is 10.0. The lowest BCUT2D eigenvalue weighted by molar-refractivity contribution is -0.121. The average molecular weight is 526 g/mol. The van der Waals surface area contributed by atoms with E-state index in [2.05, 4.69) is 44.8 Å². The molecule has 4 aromatic carbocycles. The number of rotatable bonds is 1. The summed E-state index contributed by atoms with van der Waals surface area (Å²) in [6, 6.07) is 28.2. The number of carbonyl (C=O) groups is 1. The molecule has 8 rings (SSSR count). The Morgan fingerprint density at radius 3 is 2.65 bits per heavy atom. The maximum absolute atomic E-state index is 13.3.